The van der Waals surface area contributed by atoms with Crippen LogP contribution >= 0.6 is 0 Å². The zero-order chi connectivity index (χ0) is 20.2. The highest BCUT2D eigenvalue weighted by atomic mass is 19.1. The monoisotopic (exact) mass is 393 g/mol. The molecule has 0 saturated heterocycles. The third-order valence-electron chi connectivity index (χ3n) is 4.70. The molecule has 1 N–H and O–H groups in total. The number of nitrogens with one attached hydrogen (secondary N) is 1. The van der Waals surface area contributed by atoms with Crippen LogP contribution in [-0.2, 0) is 16.1 Å². The van der Waals surface area contributed by atoms with Crippen molar-refractivity contribution in [2.24, 2.45) is 0 Å². The molecule has 1 aliphatic rings. The number of ether oxygens (including phenoxy) is 1. The van der Waals surface area contributed by atoms with E-state index < -0.39 is 24.3 Å². The van der Waals surface area contributed by atoms with Crippen LogP contribution in [0.25, 0.3) is 5.69 Å². The van der Waals surface area contributed by atoms with E-state index in [1.54, 1.807) is 28.9 Å². The molecule has 0 aliphatic heterocycles. The first-order valence-electron chi connectivity index (χ1n) is 9.44. The number of esters is 1. The lowest BCUT2D eigenvalue weighted by atomic mass is 10.2. The normalized spacial score (nSPS) is 13.1. The largest absolute Gasteiger partial charge is 0.451 e. The van der Waals surface area contributed by atoms with Gasteiger partial charge in [0.25, 0.3) is 5.91 Å². The smallest absolute Gasteiger partial charge is 0.357 e. The summed E-state index contributed by atoms with van der Waals surface area (Å²) < 4.78 is 20.3. The molecule has 0 bridgehead atoms. The average molecular weight is 393 g/mol. The Hall–Kier alpha value is -3.48. The van der Waals surface area contributed by atoms with Crippen LogP contribution in [0, 0.1) is 5.82 Å². The number of hydrogen-bond donors (Lipinski definition) is 1. The molecule has 2 aromatic carbocycles. The number of halogens is 1. The van der Waals surface area contributed by atoms with E-state index in [-0.39, 0.29) is 12.2 Å². The third kappa shape index (κ3) is 4.51. The van der Waals surface area contributed by atoms with E-state index in [1.807, 2.05) is 30.3 Å². The summed E-state index contributed by atoms with van der Waals surface area (Å²) in [6, 6.07) is 17.2. The Labute approximate surface area is 167 Å². The number of benzene rings is 2. The Balaban J connectivity index is 1.40. The topological polar surface area (TPSA) is 73.2 Å². The highest BCUT2D eigenvalue weighted by molar-refractivity contribution is 5.90. The van der Waals surface area contributed by atoms with Gasteiger partial charge in [-0.25, -0.2) is 13.9 Å². The molecule has 29 heavy (non-hydrogen) atoms. The van der Waals surface area contributed by atoms with E-state index >= 15 is 0 Å². The number of amides is 1. The summed E-state index contributed by atoms with van der Waals surface area (Å²) in [4.78, 5) is 24.6. The van der Waals surface area contributed by atoms with E-state index in [2.05, 4.69) is 10.4 Å². The fourth-order valence-corrected chi connectivity index (χ4v) is 2.98. The summed E-state index contributed by atoms with van der Waals surface area (Å²) in [6.45, 7) is -0.428. The van der Waals surface area contributed by atoms with Crippen LogP contribution in [0.15, 0.2) is 60.7 Å². The van der Waals surface area contributed by atoms with Gasteiger partial charge < -0.3 is 10.1 Å². The first kappa shape index (κ1) is 18.9. The molecule has 7 heteroatoms. The van der Waals surface area contributed by atoms with Crippen LogP contribution in [0.3, 0.4) is 0 Å². The predicted molar refractivity (Wildman–Crippen MR) is 104 cm³/mol. The van der Waals surface area contributed by atoms with Gasteiger partial charge in [-0.3, -0.25) is 4.79 Å². The second-order valence-corrected chi connectivity index (χ2v) is 6.92. The Morgan fingerprint density at radius 1 is 1.10 bits per heavy atom. The second kappa shape index (κ2) is 8.26. The van der Waals surface area contributed by atoms with E-state index in [9.17, 15) is 14.0 Å². The molecule has 0 atom stereocenters. The maximum atomic E-state index is 13.6. The molecule has 1 aliphatic carbocycles. The van der Waals surface area contributed by atoms with Gasteiger partial charge in [0, 0.05) is 18.0 Å². The molecule has 1 heterocycles. The standard InChI is InChI=1S/C22H20FN3O3/c23-18-9-5-4-6-16(18)13-24-21(27)14-29-22(28)20-12-19(15-10-11-15)25-26(20)17-7-2-1-3-8-17/h1-9,12,15H,10-11,13-14H2,(H,24,27). The second-order valence-electron chi connectivity index (χ2n) is 6.92. The van der Waals surface area contributed by atoms with E-state index in [1.165, 1.54) is 6.07 Å². The van der Waals surface area contributed by atoms with Gasteiger partial charge in [0.1, 0.15) is 5.82 Å². The Morgan fingerprint density at radius 2 is 1.83 bits per heavy atom. The van der Waals surface area contributed by atoms with Gasteiger partial charge in [-0.1, -0.05) is 36.4 Å². The predicted octanol–water partition coefficient (Wildman–Crippen LogP) is 3.36. The number of nitrogens with zero attached hydrogens (tertiary/aromatic N) is 2. The van der Waals surface area contributed by atoms with Crippen LogP contribution in [0.4, 0.5) is 4.39 Å². The molecular formula is C22H20FN3O3. The molecule has 1 fully saturated rings. The third-order valence-corrected chi connectivity index (χ3v) is 4.70. The number of para-hydroxylation sites is 1. The van der Waals surface area contributed by atoms with Crippen molar-refractivity contribution in [2.45, 2.75) is 25.3 Å². The quantitative estimate of drug-likeness (QED) is 0.625. The van der Waals surface area contributed by atoms with Crippen LogP contribution < -0.4 is 5.32 Å². The lowest BCUT2D eigenvalue weighted by Gasteiger charge is -2.09. The molecule has 1 amide bonds. The van der Waals surface area contributed by atoms with E-state index in [0.717, 1.165) is 24.2 Å². The van der Waals surface area contributed by atoms with Crippen molar-refractivity contribution in [3.63, 3.8) is 0 Å². The van der Waals surface area contributed by atoms with Gasteiger partial charge in [0.15, 0.2) is 12.3 Å². The number of carbonyl (C=O) groups excluding carboxylic acids is 2. The molecule has 1 saturated carbocycles. The highest BCUT2D eigenvalue weighted by Crippen LogP contribution is 2.39. The van der Waals surface area contributed by atoms with Crippen molar-refractivity contribution in [1.29, 1.82) is 0 Å². The SMILES string of the molecule is O=C(COC(=O)c1cc(C2CC2)nn1-c1ccccc1)NCc1ccccc1F. The summed E-state index contributed by atoms with van der Waals surface area (Å²) >= 11 is 0. The van der Waals surface area contributed by atoms with Crippen molar-refractivity contribution in [2.75, 3.05) is 6.61 Å². The van der Waals surface area contributed by atoms with Crippen LogP contribution in [0.1, 0.15) is 40.5 Å². The first-order valence-corrected chi connectivity index (χ1v) is 9.44. The number of carbonyl (C=O) groups is 2. The maximum absolute atomic E-state index is 13.6. The van der Waals surface area contributed by atoms with Crippen LogP contribution in [0.2, 0.25) is 0 Å². The average Bonchev–Trinajstić information content (AvgIpc) is 3.50. The Bertz CT molecular complexity index is 1030. The lowest BCUT2D eigenvalue weighted by Crippen LogP contribution is -2.29. The molecular weight excluding hydrogens is 373 g/mol. The minimum absolute atomic E-state index is 0.0246. The molecule has 148 valence electrons. The van der Waals surface area contributed by atoms with Crippen molar-refractivity contribution in [1.82, 2.24) is 15.1 Å². The molecule has 4 rings (SSSR count). The van der Waals surface area contributed by atoms with Crippen molar-refractivity contribution < 1.29 is 18.7 Å². The minimum atomic E-state index is -0.630. The molecule has 1 aromatic heterocycles. The van der Waals surface area contributed by atoms with Crippen molar-refractivity contribution in [3.8, 4) is 5.69 Å². The van der Waals surface area contributed by atoms with Gasteiger partial charge in [-0.2, -0.15) is 5.10 Å². The summed E-state index contributed by atoms with van der Waals surface area (Å²) in [5, 5.41) is 7.10. The van der Waals surface area contributed by atoms with Crippen LogP contribution in [-0.4, -0.2) is 28.3 Å². The summed E-state index contributed by atoms with van der Waals surface area (Å²) in [6.07, 6.45) is 2.11. The summed E-state index contributed by atoms with van der Waals surface area (Å²) in [5.41, 5.74) is 2.24. The maximum Gasteiger partial charge on any atom is 0.357 e. The zero-order valence-corrected chi connectivity index (χ0v) is 15.7. The van der Waals surface area contributed by atoms with Gasteiger partial charge in [0.05, 0.1) is 11.4 Å². The Kier molecular flexibility index (Phi) is 5.37. The number of hydrogen-bond acceptors (Lipinski definition) is 4. The van der Waals surface area contributed by atoms with Gasteiger partial charge in [-0.05, 0) is 37.1 Å². The van der Waals surface area contributed by atoms with Crippen molar-refractivity contribution in [3.05, 3.63) is 83.4 Å². The Morgan fingerprint density at radius 3 is 2.55 bits per heavy atom. The van der Waals surface area contributed by atoms with Gasteiger partial charge in [-0.15, -0.1) is 0 Å². The lowest BCUT2D eigenvalue weighted by molar-refractivity contribution is -0.124. The molecule has 0 spiro atoms. The fourth-order valence-electron chi connectivity index (χ4n) is 2.98. The molecule has 0 radical (unpaired) electrons. The van der Waals surface area contributed by atoms with Gasteiger partial charge in [0.2, 0.25) is 0 Å². The molecule has 3 aromatic rings. The van der Waals surface area contributed by atoms with E-state index in [0.29, 0.717) is 11.5 Å². The number of rotatable bonds is 7. The molecule has 6 nitrogen and oxygen atoms in total. The summed E-state index contributed by atoms with van der Waals surface area (Å²) in [5.74, 6) is -1.16. The van der Waals surface area contributed by atoms with E-state index in [4.69, 9.17) is 4.74 Å². The van der Waals surface area contributed by atoms with Crippen molar-refractivity contribution >= 4 is 11.9 Å². The first-order chi connectivity index (χ1) is 14.1. The number of aromatic nitrogens is 2. The minimum Gasteiger partial charge on any atom is -0.451 e. The van der Waals surface area contributed by atoms with Gasteiger partial charge >= 0.3 is 5.97 Å². The summed E-state index contributed by atoms with van der Waals surface area (Å²) in [7, 11) is 0. The highest BCUT2D eigenvalue weighted by Gasteiger charge is 2.29. The molecule has 0 unspecified atom stereocenters. The fraction of sp³-hybridized carbons (Fsp3) is 0.227. The van der Waals surface area contributed by atoms with Crippen LogP contribution in [0.5, 0.6) is 0 Å². The zero-order valence-electron chi connectivity index (χ0n) is 15.7.